The predicted molar refractivity (Wildman–Crippen MR) is 86.6 cm³/mol. The highest BCUT2D eigenvalue weighted by atomic mass is 16.3. The first-order valence-corrected chi connectivity index (χ1v) is 7.80. The van der Waals surface area contributed by atoms with Gasteiger partial charge in [-0.25, -0.2) is 0 Å². The number of aliphatic hydroxyl groups is 1. The Labute approximate surface area is 126 Å². The van der Waals surface area contributed by atoms with Crippen molar-refractivity contribution in [2.24, 2.45) is 0 Å². The van der Waals surface area contributed by atoms with Gasteiger partial charge in [0.15, 0.2) is 0 Å². The van der Waals surface area contributed by atoms with Crippen molar-refractivity contribution in [1.82, 2.24) is 5.32 Å². The van der Waals surface area contributed by atoms with Crippen LogP contribution in [0.2, 0.25) is 0 Å². The third kappa shape index (κ3) is 2.87. The van der Waals surface area contributed by atoms with Gasteiger partial charge in [-0.3, -0.25) is 0 Å². The first-order valence-electron chi connectivity index (χ1n) is 7.80. The molecule has 0 spiro atoms. The van der Waals surface area contributed by atoms with Crippen molar-refractivity contribution in [3.8, 4) is 0 Å². The molecular weight excluding hydrogens is 258 g/mol. The summed E-state index contributed by atoms with van der Waals surface area (Å²) in [5, 5.41) is 13.8. The number of aliphatic hydroxyl groups excluding tert-OH is 1. The molecule has 110 valence electrons. The maximum Gasteiger partial charge on any atom is 0.0833 e. The van der Waals surface area contributed by atoms with Crippen molar-refractivity contribution < 1.29 is 5.11 Å². The molecular formula is C19H23NO. The number of benzene rings is 2. The Morgan fingerprint density at radius 3 is 2.43 bits per heavy atom. The summed E-state index contributed by atoms with van der Waals surface area (Å²) in [6, 6.07) is 17.0. The van der Waals surface area contributed by atoms with Crippen LogP contribution in [-0.4, -0.2) is 18.7 Å². The molecule has 0 aliphatic heterocycles. The summed E-state index contributed by atoms with van der Waals surface area (Å²) in [5.41, 5.74) is 5.07. The molecule has 21 heavy (non-hydrogen) atoms. The smallest absolute Gasteiger partial charge is 0.0833 e. The lowest BCUT2D eigenvalue weighted by Gasteiger charge is -2.20. The quantitative estimate of drug-likeness (QED) is 0.842. The molecule has 1 aliphatic carbocycles. The second-order valence-electron chi connectivity index (χ2n) is 5.85. The number of rotatable bonds is 4. The number of nitrogens with one attached hydrogen (secondary N) is 1. The molecule has 0 radical (unpaired) electrons. The Hall–Kier alpha value is -1.64. The molecule has 0 heterocycles. The lowest BCUT2D eigenvalue weighted by molar-refractivity contribution is 0.178. The molecule has 2 nitrogen and oxygen atoms in total. The van der Waals surface area contributed by atoms with Gasteiger partial charge in [-0.15, -0.1) is 0 Å². The third-order valence-electron chi connectivity index (χ3n) is 4.49. The van der Waals surface area contributed by atoms with Gasteiger partial charge in [0, 0.05) is 12.3 Å². The average Bonchev–Trinajstić information content (AvgIpc) is 2.63. The van der Waals surface area contributed by atoms with Crippen LogP contribution >= 0.6 is 0 Å². The van der Waals surface area contributed by atoms with Crippen LogP contribution in [0.3, 0.4) is 0 Å². The molecule has 2 heteroatoms. The van der Waals surface area contributed by atoms with Gasteiger partial charge in [0.05, 0.1) is 6.10 Å². The normalized spacial score (nSPS) is 20.5. The zero-order valence-corrected chi connectivity index (χ0v) is 12.5. The van der Waals surface area contributed by atoms with Crippen LogP contribution in [0.15, 0.2) is 48.5 Å². The fourth-order valence-corrected chi connectivity index (χ4v) is 3.47. The van der Waals surface area contributed by atoms with Gasteiger partial charge < -0.3 is 10.4 Å². The summed E-state index contributed by atoms with van der Waals surface area (Å²) in [4.78, 5) is 0. The minimum absolute atomic E-state index is 0.392. The molecule has 0 saturated heterocycles. The summed E-state index contributed by atoms with van der Waals surface area (Å²) < 4.78 is 0. The molecule has 0 saturated carbocycles. The first kappa shape index (κ1) is 14.3. The van der Waals surface area contributed by atoms with E-state index in [1.165, 1.54) is 16.7 Å². The molecule has 0 bridgehead atoms. The van der Waals surface area contributed by atoms with Gasteiger partial charge in [0.1, 0.15) is 0 Å². The maximum absolute atomic E-state index is 10.6. The number of hydrogen-bond acceptors (Lipinski definition) is 2. The average molecular weight is 281 g/mol. The van der Waals surface area contributed by atoms with Crippen LogP contribution in [0.25, 0.3) is 0 Å². The lowest BCUT2D eigenvalue weighted by Crippen LogP contribution is -2.11. The van der Waals surface area contributed by atoms with Crippen molar-refractivity contribution in [3.63, 3.8) is 0 Å². The van der Waals surface area contributed by atoms with Gasteiger partial charge in [0.25, 0.3) is 0 Å². The van der Waals surface area contributed by atoms with Crippen LogP contribution in [0.1, 0.15) is 47.1 Å². The van der Waals surface area contributed by atoms with Crippen molar-refractivity contribution in [3.05, 3.63) is 70.8 Å². The van der Waals surface area contributed by atoms with Gasteiger partial charge in [-0.05, 0) is 48.7 Å². The standard InChI is InChI=1S/C19H23NO/c1-20-12-6-11-16-15-8-3-2-7-14(15)13-19(21)18-10-5-4-9-17(16)18/h2-5,7-10,16,19-21H,6,11-13H2,1H3. The van der Waals surface area contributed by atoms with Crippen LogP contribution in [0, 0.1) is 0 Å². The summed E-state index contributed by atoms with van der Waals surface area (Å²) in [6.45, 7) is 1.03. The van der Waals surface area contributed by atoms with E-state index >= 15 is 0 Å². The van der Waals surface area contributed by atoms with E-state index in [0.29, 0.717) is 5.92 Å². The molecule has 2 N–H and O–H groups in total. The molecule has 2 unspecified atom stereocenters. The van der Waals surface area contributed by atoms with E-state index in [1.54, 1.807) is 0 Å². The summed E-state index contributed by atoms with van der Waals surface area (Å²) in [6.07, 6.45) is 2.58. The number of hydrogen-bond donors (Lipinski definition) is 2. The van der Waals surface area contributed by atoms with E-state index in [-0.39, 0.29) is 0 Å². The van der Waals surface area contributed by atoms with E-state index in [4.69, 9.17) is 0 Å². The van der Waals surface area contributed by atoms with Crippen molar-refractivity contribution in [2.75, 3.05) is 13.6 Å². The Balaban J connectivity index is 2.05. The Kier molecular flexibility index (Phi) is 4.37. The third-order valence-corrected chi connectivity index (χ3v) is 4.49. The first-order chi connectivity index (χ1) is 10.3. The van der Waals surface area contributed by atoms with E-state index in [1.807, 2.05) is 13.1 Å². The zero-order valence-electron chi connectivity index (χ0n) is 12.5. The Bertz CT molecular complexity index is 608. The largest absolute Gasteiger partial charge is 0.388 e. The lowest BCUT2D eigenvalue weighted by atomic mass is 9.85. The summed E-state index contributed by atoms with van der Waals surface area (Å²) in [5.74, 6) is 0.392. The van der Waals surface area contributed by atoms with Gasteiger partial charge in [-0.1, -0.05) is 48.5 Å². The highest BCUT2D eigenvalue weighted by Gasteiger charge is 2.26. The summed E-state index contributed by atoms with van der Waals surface area (Å²) >= 11 is 0. The van der Waals surface area contributed by atoms with Gasteiger partial charge in [-0.2, -0.15) is 0 Å². The van der Waals surface area contributed by atoms with Gasteiger partial charge >= 0.3 is 0 Å². The van der Waals surface area contributed by atoms with E-state index in [2.05, 4.69) is 47.8 Å². The van der Waals surface area contributed by atoms with Crippen LogP contribution in [-0.2, 0) is 6.42 Å². The molecule has 0 fully saturated rings. The fourth-order valence-electron chi connectivity index (χ4n) is 3.47. The van der Waals surface area contributed by atoms with Crippen LogP contribution in [0.5, 0.6) is 0 Å². The Morgan fingerprint density at radius 1 is 1.00 bits per heavy atom. The van der Waals surface area contributed by atoms with Gasteiger partial charge in [0.2, 0.25) is 0 Å². The fraction of sp³-hybridized carbons (Fsp3) is 0.368. The van der Waals surface area contributed by atoms with E-state index < -0.39 is 6.10 Å². The minimum atomic E-state index is -0.392. The zero-order chi connectivity index (χ0) is 14.7. The molecule has 3 rings (SSSR count). The van der Waals surface area contributed by atoms with Crippen LogP contribution in [0.4, 0.5) is 0 Å². The van der Waals surface area contributed by atoms with Crippen molar-refractivity contribution in [2.45, 2.75) is 31.3 Å². The summed E-state index contributed by atoms with van der Waals surface area (Å²) in [7, 11) is 2.00. The van der Waals surface area contributed by atoms with E-state index in [0.717, 1.165) is 31.4 Å². The van der Waals surface area contributed by atoms with Crippen molar-refractivity contribution in [1.29, 1.82) is 0 Å². The monoisotopic (exact) mass is 281 g/mol. The SMILES string of the molecule is CNCCCC1c2ccccc2CC(O)c2ccccc21. The molecule has 2 aromatic rings. The predicted octanol–water partition coefficient (Wildman–Crippen LogP) is 3.41. The minimum Gasteiger partial charge on any atom is -0.388 e. The van der Waals surface area contributed by atoms with Crippen molar-refractivity contribution >= 4 is 0 Å². The number of fused-ring (bicyclic) bond motifs is 2. The second kappa shape index (κ2) is 6.42. The maximum atomic E-state index is 10.6. The van der Waals surface area contributed by atoms with E-state index in [9.17, 15) is 5.11 Å². The van der Waals surface area contributed by atoms with Crippen LogP contribution < -0.4 is 5.32 Å². The molecule has 2 aromatic carbocycles. The highest BCUT2D eigenvalue weighted by Crippen LogP contribution is 2.40. The molecule has 0 amide bonds. The second-order valence-corrected chi connectivity index (χ2v) is 5.85. The topological polar surface area (TPSA) is 32.3 Å². The molecule has 1 aliphatic rings. The molecule has 0 aromatic heterocycles. The molecule has 2 atom stereocenters. The highest BCUT2D eigenvalue weighted by molar-refractivity contribution is 5.45. The Morgan fingerprint density at radius 2 is 1.67 bits per heavy atom.